The van der Waals surface area contributed by atoms with Crippen molar-refractivity contribution in [2.75, 3.05) is 26.7 Å². The van der Waals surface area contributed by atoms with Crippen LogP contribution in [0.1, 0.15) is 67.9 Å². The van der Waals surface area contributed by atoms with Gasteiger partial charge in [0.1, 0.15) is 0 Å². The van der Waals surface area contributed by atoms with E-state index in [2.05, 4.69) is 15.6 Å². The van der Waals surface area contributed by atoms with Crippen LogP contribution < -0.4 is 5.32 Å². The molecule has 1 aromatic rings. The van der Waals surface area contributed by atoms with E-state index in [1.54, 1.807) is 0 Å². The summed E-state index contributed by atoms with van der Waals surface area (Å²) in [5.74, 6) is 0.797. The first-order valence-electron chi connectivity index (χ1n) is 9.12. The third-order valence-corrected chi connectivity index (χ3v) is 5.36. The molecular weight excluding hydrogens is 290 g/mol. The number of amides is 1. The van der Waals surface area contributed by atoms with Crippen LogP contribution in [0.5, 0.6) is 0 Å². The first-order chi connectivity index (χ1) is 11.2. The van der Waals surface area contributed by atoms with Gasteiger partial charge in [-0.3, -0.25) is 4.79 Å². The summed E-state index contributed by atoms with van der Waals surface area (Å²) in [6.07, 6.45) is 11.8. The zero-order valence-corrected chi connectivity index (χ0v) is 14.2. The molecule has 0 aromatic carbocycles. The van der Waals surface area contributed by atoms with Gasteiger partial charge >= 0.3 is 0 Å². The molecule has 2 fully saturated rings. The van der Waals surface area contributed by atoms with Crippen molar-refractivity contribution < 1.29 is 4.79 Å². The Morgan fingerprint density at radius 1 is 1.26 bits per heavy atom. The van der Waals surface area contributed by atoms with Crippen molar-refractivity contribution in [3.63, 3.8) is 0 Å². The minimum absolute atomic E-state index is 0.000920. The Labute approximate surface area is 138 Å². The highest BCUT2D eigenvalue weighted by atomic mass is 16.2. The second-order valence-electron chi connectivity index (χ2n) is 7.08. The van der Waals surface area contributed by atoms with E-state index in [0.717, 1.165) is 44.8 Å². The van der Waals surface area contributed by atoms with Gasteiger partial charge in [-0.2, -0.15) is 0 Å². The third-order valence-electron chi connectivity index (χ3n) is 5.36. The average molecular weight is 319 g/mol. The normalized spacial score (nSPS) is 20.6. The zero-order chi connectivity index (χ0) is 16.1. The molecule has 0 radical (unpaired) electrons. The van der Waals surface area contributed by atoms with Gasteiger partial charge in [-0.1, -0.05) is 37.3 Å². The van der Waals surface area contributed by atoms with Crippen LogP contribution in [-0.2, 0) is 0 Å². The van der Waals surface area contributed by atoms with E-state index in [0.29, 0.717) is 11.7 Å². The number of hydrogen-bond donors (Lipinski definition) is 1. The third kappa shape index (κ3) is 4.31. The Balaban J connectivity index is 1.51. The predicted octanol–water partition coefficient (Wildman–Crippen LogP) is 2.25. The van der Waals surface area contributed by atoms with E-state index >= 15 is 0 Å². The van der Waals surface area contributed by atoms with Gasteiger partial charge in [-0.15, -0.1) is 5.10 Å². The van der Waals surface area contributed by atoms with Gasteiger partial charge in [-0.25, -0.2) is 4.68 Å². The van der Waals surface area contributed by atoms with Crippen molar-refractivity contribution in [2.45, 2.75) is 57.4 Å². The van der Waals surface area contributed by atoms with Crippen molar-refractivity contribution in [3.8, 4) is 0 Å². The molecule has 1 saturated heterocycles. The molecule has 128 valence electrons. The largest absolute Gasteiger partial charge is 0.340 e. The van der Waals surface area contributed by atoms with Gasteiger partial charge in [0, 0.05) is 13.6 Å². The molecule has 1 aromatic heterocycles. The Hall–Kier alpha value is -1.43. The fourth-order valence-corrected chi connectivity index (χ4v) is 3.77. The Morgan fingerprint density at radius 3 is 2.74 bits per heavy atom. The van der Waals surface area contributed by atoms with E-state index < -0.39 is 0 Å². The van der Waals surface area contributed by atoms with Crippen LogP contribution in [-0.4, -0.2) is 52.5 Å². The molecule has 23 heavy (non-hydrogen) atoms. The van der Waals surface area contributed by atoms with Crippen molar-refractivity contribution >= 4 is 5.91 Å². The maximum absolute atomic E-state index is 12.5. The molecule has 1 saturated carbocycles. The first-order valence-corrected chi connectivity index (χ1v) is 9.12. The van der Waals surface area contributed by atoms with Gasteiger partial charge in [0.2, 0.25) is 0 Å². The van der Waals surface area contributed by atoms with E-state index in [9.17, 15) is 4.79 Å². The van der Waals surface area contributed by atoms with Gasteiger partial charge in [-0.05, 0) is 38.3 Å². The second kappa shape index (κ2) is 7.90. The van der Waals surface area contributed by atoms with Gasteiger partial charge < -0.3 is 10.2 Å². The lowest BCUT2D eigenvalue weighted by Gasteiger charge is -2.24. The smallest absolute Gasteiger partial charge is 0.275 e. The summed E-state index contributed by atoms with van der Waals surface area (Å²) in [6.45, 7) is 2.84. The van der Waals surface area contributed by atoms with Gasteiger partial charge in [0.05, 0.1) is 12.2 Å². The molecule has 1 N–H and O–H groups in total. The van der Waals surface area contributed by atoms with Crippen LogP contribution >= 0.6 is 0 Å². The number of piperidine rings is 1. The van der Waals surface area contributed by atoms with Crippen LogP contribution in [0.15, 0.2) is 6.20 Å². The summed E-state index contributed by atoms with van der Waals surface area (Å²) in [7, 11) is 1.88. The molecule has 0 bridgehead atoms. The number of carbonyl (C=O) groups excluding carboxylic acids is 1. The molecule has 3 rings (SSSR count). The van der Waals surface area contributed by atoms with Crippen molar-refractivity contribution in [1.82, 2.24) is 25.2 Å². The molecule has 1 amide bonds. The Morgan fingerprint density at radius 2 is 2.00 bits per heavy atom. The van der Waals surface area contributed by atoms with Crippen molar-refractivity contribution in [3.05, 3.63) is 11.9 Å². The van der Waals surface area contributed by atoms with Gasteiger partial charge in [0.25, 0.3) is 5.91 Å². The number of rotatable bonds is 5. The lowest BCUT2D eigenvalue weighted by Crippen LogP contribution is -2.30. The highest BCUT2D eigenvalue weighted by Crippen LogP contribution is 2.26. The summed E-state index contributed by atoms with van der Waals surface area (Å²) in [5, 5.41) is 11.6. The van der Waals surface area contributed by atoms with E-state index in [1.807, 2.05) is 22.8 Å². The highest BCUT2D eigenvalue weighted by molar-refractivity contribution is 5.91. The maximum atomic E-state index is 12.5. The molecule has 2 aliphatic rings. The second-order valence-corrected chi connectivity index (χ2v) is 7.08. The standard InChI is InChI=1S/C17H29N5O/c1-21(12-9-14-5-3-2-4-6-14)17(23)16-13-22(20-19-16)15-7-10-18-11-8-15/h13-15,18H,2-12H2,1H3. The summed E-state index contributed by atoms with van der Waals surface area (Å²) >= 11 is 0. The SMILES string of the molecule is CN(CCC1CCCCC1)C(=O)c1cn(C2CCNCC2)nn1. The topological polar surface area (TPSA) is 63.1 Å². The predicted molar refractivity (Wildman–Crippen MR) is 89.3 cm³/mol. The fourth-order valence-electron chi connectivity index (χ4n) is 3.77. The molecular formula is C17H29N5O. The van der Waals surface area contributed by atoms with Crippen LogP contribution in [0.2, 0.25) is 0 Å². The molecule has 0 unspecified atom stereocenters. The summed E-state index contributed by atoms with van der Waals surface area (Å²) in [5.41, 5.74) is 0.481. The summed E-state index contributed by atoms with van der Waals surface area (Å²) < 4.78 is 1.88. The summed E-state index contributed by atoms with van der Waals surface area (Å²) in [6, 6.07) is 0.373. The fraction of sp³-hybridized carbons (Fsp3) is 0.824. The highest BCUT2D eigenvalue weighted by Gasteiger charge is 2.21. The molecule has 0 atom stereocenters. The number of nitrogens with one attached hydrogen (secondary N) is 1. The van der Waals surface area contributed by atoms with Crippen LogP contribution in [0.25, 0.3) is 0 Å². The maximum Gasteiger partial charge on any atom is 0.275 e. The van der Waals surface area contributed by atoms with E-state index in [1.165, 1.54) is 32.1 Å². The number of carbonyl (C=O) groups is 1. The Kier molecular flexibility index (Phi) is 5.65. The minimum Gasteiger partial charge on any atom is -0.340 e. The number of aromatic nitrogens is 3. The molecule has 1 aliphatic carbocycles. The molecule has 6 heteroatoms. The molecule has 2 heterocycles. The first kappa shape index (κ1) is 16.4. The number of nitrogens with zero attached hydrogens (tertiary/aromatic N) is 4. The summed E-state index contributed by atoms with van der Waals surface area (Å²) in [4.78, 5) is 14.3. The Bertz CT molecular complexity index is 503. The van der Waals surface area contributed by atoms with Gasteiger partial charge in [0.15, 0.2) is 5.69 Å². The minimum atomic E-state index is 0.000920. The lowest BCUT2D eigenvalue weighted by atomic mass is 9.87. The lowest BCUT2D eigenvalue weighted by molar-refractivity contribution is 0.0778. The molecule has 6 nitrogen and oxygen atoms in total. The monoisotopic (exact) mass is 319 g/mol. The quantitative estimate of drug-likeness (QED) is 0.904. The number of hydrogen-bond acceptors (Lipinski definition) is 4. The van der Waals surface area contributed by atoms with Crippen LogP contribution in [0.4, 0.5) is 0 Å². The average Bonchev–Trinajstić information content (AvgIpc) is 3.11. The van der Waals surface area contributed by atoms with E-state index in [4.69, 9.17) is 0 Å². The molecule has 1 aliphatic heterocycles. The zero-order valence-electron chi connectivity index (χ0n) is 14.2. The van der Waals surface area contributed by atoms with Crippen LogP contribution in [0, 0.1) is 5.92 Å². The molecule has 0 spiro atoms. The van der Waals surface area contributed by atoms with Crippen molar-refractivity contribution in [1.29, 1.82) is 0 Å². The van der Waals surface area contributed by atoms with Crippen LogP contribution in [0.3, 0.4) is 0 Å². The van der Waals surface area contributed by atoms with Crippen molar-refractivity contribution in [2.24, 2.45) is 5.92 Å². The van der Waals surface area contributed by atoms with E-state index in [-0.39, 0.29) is 5.91 Å².